The molecule has 2 unspecified atom stereocenters. The fourth-order valence-electron chi connectivity index (χ4n) is 5.88. The lowest BCUT2D eigenvalue weighted by atomic mass is 9.91. The van der Waals surface area contributed by atoms with Crippen molar-refractivity contribution in [2.75, 3.05) is 29.5 Å². The second-order valence-electron chi connectivity index (χ2n) is 14.9. The number of amides is 1. The van der Waals surface area contributed by atoms with E-state index in [1.807, 2.05) is 6.07 Å². The van der Waals surface area contributed by atoms with Crippen molar-refractivity contribution >= 4 is 35.0 Å². The molecule has 9 heteroatoms. The van der Waals surface area contributed by atoms with Crippen molar-refractivity contribution in [2.45, 2.75) is 133 Å². The van der Waals surface area contributed by atoms with Crippen LogP contribution in [0.1, 0.15) is 144 Å². The summed E-state index contributed by atoms with van der Waals surface area (Å²) in [6, 6.07) is 2.02. The Labute approximate surface area is 287 Å². The molecule has 0 aliphatic carbocycles. The van der Waals surface area contributed by atoms with Crippen LogP contribution in [0.15, 0.2) is 4.79 Å². The molecule has 0 aliphatic rings. The topological polar surface area (TPSA) is 102 Å². The summed E-state index contributed by atoms with van der Waals surface area (Å²) in [6.45, 7) is 28.4. The Balaban J connectivity index is 2.92. The van der Waals surface area contributed by atoms with Gasteiger partial charge < -0.3 is 10.0 Å². The highest BCUT2D eigenvalue weighted by molar-refractivity contribution is 7.16. The van der Waals surface area contributed by atoms with E-state index in [-0.39, 0.29) is 33.9 Å². The fraction of sp³-hybridized carbons (Fsp3) is 0.684. The minimum Gasteiger partial charge on any atom is -0.492 e. The molecule has 1 amide bonds. The summed E-state index contributed by atoms with van der Waals surface area (Å²) in [6.07, 6.45) is 11.1. The molecule has 262 valence electrons. The maximum Gasteiger partial charge on any atom is 0.280 e. The lowest BCUT2D eigenvalue weighted by molar-refractivity contribution is -0.127. The van der Waals surface area contributed by atoms with Crippen molar-refractivity contribution in [3.63, 3.8) is 0 Å². The van der Waals surface area contributed by atoms with E-state index in [1.54, 1.807) is 45.1 Å². The van der Waals surface area contributed by atoms with Gasteiger partial charge in [0.25, 0.3) is 5.56 Å². The highest BCUT2D eigenvalue weighted by Crippen LogP contribution is 2.36. The number of hydrogen-bond donors (Lipinski definition) is 1. The molecule has 0 fully saturated rings. The van der Waals surface area contributed by atoms with Gasteiger partial charge in [-0.1, -0.05) is 126 Å². The molecule has 0 spiro atoms. The molecule has 2 atom stereocenters. The van der Waals surface area contributed by atoms with Crippen LogP contribution in [0.2, 0.25) is 0 Å². The third-order valence-electron chi connectivity index (χ3n) is 8.94. The molecule has 2 aromatic rings. The molecule has 0 bridgehead atoms. The predicted molar refractivity (Wildman–Crippen MR) is 198 cm³/mol. The highest BCUT2D eigenvalue weighted by atomic mass is 32.1. The average molecular weight is 668 g/mol. The normalized spacial score (nSPS) is 13.8. The van der Waals surface area contributed by atoms with E-state index < -0.39 is 16.9 Å². The summed E-state index contributed by atoms with van der Waals surface area (Å²) in [7, 11) is 0. The van der Waals surface area contributed by atoms with Gasteiger partial charge in [-0.05, 0) is 37.7 Å². The van der Waals surface area contributed by atoms with E-state index in [1.165, 1.54) is 43.5 Å². The van der Waals surface area contributed by atoms with E-state index in [2.05, 4.69) is 59.9 Å². The number of aromatic hydroxyl groups is 1. The number of nitriles is 1. The molecule has 0 saturated heterocycles. The predicted octanol–water partition coefficient (Wildman–Crippen LogP) is 7.19. The number of rotatable bonds is 16. The van der Waals surface area contributed by atoms with Crippen LogP contribution in [0.3, 0.4) is 0 Å². The molecule has 0 saturated carbocycles. The second kappa shape index (κ2) is 17.3. The van der Waals surface area contributed by atoms with Crippen LogP contribution in [-0.4, -0.2) is 40.3 Å². The molecular formula is C38H61N5O3S. The van der Waals surface area contributed by atoms with E-state index in [0.29, 0.717) is 11.8 Å². The van der Waals surface area contributed by atoms with E-state index in [0.717, 1.165) is 46.3 Å². The van der Waals surface area contributed by atoms with E-state index >= 15 is 0 Å². The van der Waals surface area contributed by atoms with E-state index in [9.17, 15) is 20.0 Å². The first kappa shape index (κ1) is 40.1. The molecule has 47 heavy (non-hydrogen) atoms. The fourth-order valence-corrected chi connectivity index (χ4v) is 7.12. The average Bonchev–Trinajstić information content (AvgIpc) is 3.45. The van der Waals surface area contributed by atoms with Crippen LogP contribution in [0.5, 0.6) is 5.88 Å². The zero-order chi connectivity index (χ0) is 35.7. The van der Waals surface area contributed by atoms with Crippen molar-refractivity contribution in [1.29, 1.82) is 5.26 Å². The number of carbonyl (C=O) groups is 1. The van der Waals surface area contributed by atoms with Crippen molar-refractivity contribution in [3.05, 3.63) is 36.9 Å². The van der Waals surface area contributed by atoms with Gasteiger partial charge in [-0.3, -0.25) is 9.59 Å². The van der Waals surface area contributed by atoms with Gasteiger partial charge in [0.05, 0.1) is 15.8 Å². The number of hydrogen-bond acceptors (Lipinski definition) is 7. The van der Waals surface area contributed by atoms with Crippen molar-refractivity contribution in [1.82, 2.24) is 9.66 Å². The number of anilines is 1. The van der Waals surface area contributed by atoms with Gasteiger partial charge in [-0.25, -0.2) is 9.99 Å². The van der Waals surface area contributed by atoms with Gasteiger partial charge >= 0.3 is 0 Å². The Bertz CT molecular complexity index is 1540. The summed E-state index contributed by atoms with van der Waals surface area (Å²) in [5.74, 6) is 0.184. The number of unbranched alkanes of at least 4 members (excludes halogenated alkanes) is 2. The van der Waals surface area contributed by atoms with Gasteiger partial charge in [0.2, 0.25) is 11.8 Å². The van der Waals surface area contributed by atoms with Crippen molar-refractivity contribution in [2.24, 2.45) is 17.3 Å². The number of thiazole rings is 1. The van der Waals surface area contributed by atoms with E-state index in [4.69, 9.17) is 4.98 Å². The van der Waals surface area contributed by atoms with Gasteiger partial charge in [0.1, 0.15) is 11.6 Å². The SMILES string of the molecule is C=c1c(C#N)c(O)n(N(CC)C(=O)C(C)(C)C)c(=O)/c1=C\c1sc(N(CC(CC)CCCC)CC(CC)CCCC)nc1C(C)(C)C. The Hall–Kier alpha value is -3.12. The third kappa shape index (κ3) is 9.95. The first-order valence-corrected chi connectivity index (χ1v) is 18.5. The minimum atomic E-state index is -0.821. The Morgan fingerprint density at radius 1 is 1.02 bits per heavy atom. The number of aromatic nitrogens is 2. The summed E-state index contributed by atoms with van der Waals surface area (Å²) >= 11 is 1.56. The zero-order valence-corrected chi connectivity index (χ0v) is 31.9. The van der Waals surface area contributed by atoms with Gasteiger partial charge in [-0.15, -0.1) is 0 Å². The summed E-state index contributed by atoms with van der Waals surface area (Å²) in [5.41, 5.74) is -1.03. The molecule has 0 aliphatic heterocycles. The first-order chi connectivity index (χ1) is 22.0. The Kier molecular flexibility index (Phi) is 14.8. The minimum absolute atomic E-state index is 0.129. The maximum atomic E-state index is 14.2. The molecule has 1 N–H and O–H groups in total. The Morgan fingerprint density at radius 3 is 1.96 bits per heavy atom. The number of pyridine rings is 1. The summed E-state index contributed by atoms with van der Waals surface area (Å²) in [5, 5.41) is 23.6. The van der Waals surface area contributed by atoms with Gasteiger partial charge in [-0.2, -0.15) is 9.94 Å². The molecular weight excluding hydrogens is 607 g/mol. The number of nitrogens with zero attached hydrogens (tertiary/aromatic N) is 5. The van der Waals surface area contributed by atoms with Crippen LogP contribution in [0.4, 0.5) is 5.13 Å². The first-order valence-electron chi connectivity index (χ1n) is 17.7. The van der Waals surface area contributed by atoms with Gasteiger partial charge in [0.15, 0.2) is 5.13 Å². The lowest BCUT2D eigenvalue weighted by Crippen LogP contribution is -2.56. The van der Waals surface area contributed by atoms with Crippen LogP contribution in [0, 0.1) is 28.6 Å². The largest absolute Gasteiger partial charge is 0.492 e. The molecule has 2 aromatic heterocycles. The molecule has 2 rings (SSSR count). The van der Waals surface area contributed by atoms with Crippen LogP contribution in [-0.2, 0) is 10.2 Å². The molecule has 8 nitrogen and oxygen atoms in total. The quantitative estimate of drug-likeness (QED) is 0.203. The van der Waals surface area contributed by atoms with Crippen molar-refractivity contribution < 1.29 is 9.90 Å². The molecule has 0 radical (unpaired) electrons. The molecule has 2 heterocycles. The van der Waals surface area contributed by atoms with Crippen LogP contribution in [0.25, 0.3) is 12.7 Å². The van der Waals surface area contributed by atoms with Crippen molar-refractivity contribution in [3.8, 4) is 11.9 Å². The van der Waals surface area contributed by atoms with Crippen LogP contribution >= 0.6 is 11.3 Å². The maximum absolute atomic E-state index is 14.2. The smallest absolute Gasteiger partial charge is 0.280 e. The molecule has 0 aromatic carbocycles. The second-order valence-corrected chi connectivity index (χ2v) is 15.9. The monoisotopic (exact) mass is 667 g/mol. The standard InChI is InChI=1S/C38H61N5O3S/c1-13-18-20-27(15-3)24-41(25-28(16-4)21-19-14-2)36-40-32(37(7,8)9)31(47-36)22-29-26(6)30(23-39)34(45)43(33(29)44)42(17-5)35(46)38(10,11)12/h22,27-28,45H,6,13-21,24-25H2,1-5,7-12H3/b29-22-. The lowest BCUT2D eigenvalue weighted by Gasteiger charge is -2.30. The van der Waals surface area contributed by atoms with Gasteiger partial charge in [0, 0.05) is 35.7 Å². The Morgan fingerprint density at radius 2 is 1.55 bits per heavy atom. The summed E-state index contributed by atoms with van der Waals surface area (Å²) in [4.78, 5) is 36.2. The summed E-state index contributed by atoms with van der Waals surface area (Å²) < 4.78 is 0.941. The third-order valence-corrected chi connectivity index (χ3v) is 10.0. The van der Waals surface area contributed by atoms with Crippen LogP contribution < -0.4 is 25.9 Å². The number of carbonyl (C=O) groups excluding carboxylic acids is 1. The zero-order valence-electron chi connectivity index (χ0n) is 31.1. The highest BCUT2D eigenvalue weighted by Gasteiger charge is 2.31.